The van der Waals surface area contributed by atoms with Crippen molar-refractivity contribution in [3.05, 3.63) is 84.9 Å². The standard InChI is InChI=1S/C36H38N2O6/c39-35(37-25-15-5-1-6-16-25)43-31-29-23-13-14-24-30(29)32(44-36(40)38-26-17-7-2-8-18-26)34(42-28-21-11-4-12-22-28)33(31)41-27-19-9-3-10-20-27/h3-4,9-14,19-26H,1-2,5-8,15-18H2,(H,37,39)(H,38,40). The molecule has 2 amide bonds. The molecule has 4 aromatic carbocycles. The zero-order valence-corrected chi connectivity index (χ0v) is 24.8. The van der Waals surface area contributed by atoms with Crippen LogP contribution in [-0.4, -0.2) is 24.3 Å². The van der Waals surface area contributed by atoms with Crippen molar-refractivity contribution in [2.75, 3.05) is 0 Å². The number of benzene rings is 4. The van der Waals surface area contributed by atoms with E-state index in [0.717, 1.165) is 51.4 Å². The molecular weight excluding hydrogens is 556 g/mol. The molecule has 4 aromatic rings. The van der Waals surface area contributed by atoms with E-state index >= 15 is 0 Å². The Morgan fingerprint density at radius 2 is 0.841 bits per heavy atom. The topological polar surface area (TPSA) is 95.1 Å². The number of ether oxygens (including phenoxy) is 4. The van der Waals surface area contributed by atoms with Crippen molar-refractivity contribution in [2.45, 2.75) is 76.3 Å². The van der Waals surface area contributed by atoms with Gasteiger partial charge in [0.2, 0.25) is 11.5 Å². The molecule has 8 heteroatoms. The highest BCUT2D eigenvalue weighted by atomic mass is 16.6. The summed E-state index contributed by atoms with van der Waals surface area (Å²) in [4.78, 5) is 26.7. The van der Waals surface area contributed by atoms with Gasteiger partial charge in [-0.2, -0.15) is 0 Å². The quantitative estimate of drug-likeness (QED) is 0.211. The summed E-state index contributed by atoms with van der Waals surface area (Å²) >= 11 is 0. The SMILES string of the molecule is O=C(NC1CCCCC1)Oc1c(Oc2ccccc2)c(Oc2ccccc2)c(OC(=O)NC2CCCCC2)c2ccccc12. The van der Waals surface area contributed by atoms with Gasteiger partial charge in [-0.05, 0) is 49.9 Å². The average molecular weight is 595 g/mol. The molecule has 2 fully saturated rings. The van der Waals surface area contributed by atoms with Crippen LogP contribution in [0.1, 0.15) is 64.2 Å². The zero-order chi connectivity index (χ0) is 30.1. The molecule has 0 unspecified atom stereocenters. The Morgan fingerprint density at radius 1 is 0.477 bits per heavy atom. The molecule has 0 spiro atoms. The van der Waals surface area contributed by atoms with Gasteiger partial charge in [-0.25, -0.2) is 9.59 Å². The summed E-state index contributed by atoms with van der Waals surface area (Å²) in [6.45, 7) is 0. The predicted octanol–water partition coefficient (Wildman–Crippen LogP) is 9.27. The largest absolute Gasteiger partial charge is 0.449 e. The number of carbonyl (C=O) groups is 2. The third kappa shape index (κ3) is 7.25. The van der Waals surface area contributed by atoms with Crippen LogP contribution in [0.5, 0.6) is 34.5 Å². The van der Waals surface area contributed by atoms with Gasteiger partial charge in [0, 0.05) is 22.9 Å². The fourth-order valence-electron chi connectivity index (χ4n) is 6.00. The van der Waals surface area contributed by atoms with Gasteiger partial charge in [0.1, 0.15) is 11.5 Å². The van der Waals surface area contributed by atoms with E-state index in [1.165, 1.54) is 12.8 Å². The Kier molecular flexibility index (Phi) is 9.45. The molecule has 0 saturated heterocycles. The van der Waals surface area contributed by atoms with E-state index in [1.54, 1.807) is 24.3 Å². The van der Waals surface area contributed by atoms with Gasteiger partial charge in [-0.15, -0.1) is 0 Å². The summed E-state index contributed by atoms with van der Waals surface area (Å²) in [6.07, 6.45) is 9.11. The number of nitrogens with one attached hydrogen (secondary N) is 2. The maximum atomic E-state index is 13.4. The van der Waals surface area contributed by atoms with Crippen molar-refractivity contribution in [3.63, 3.8) is 0 Å². The number of hydrogen-bond acceptors (Lipinski definition) is 6. The molecule has 2 saturated carbocycles. The van der Waals surface area contributed by atoms with Crippen LogP contribution in [0.15, 0.2) is 84.9 Å². The van der Waals surface area contributed by atoms with Crippen LogP contribution in [0, 0.1) is 0 Å². The molecule has 8 nitrogen and oxygen atoms in total. The molecule has 2 N–H and O–H groups in total. The Labute approximate surface area is 257 Å². The van der Waals surface area contributed by atoms with Gasteiger partial charge in [-0.1, -0.05) is 99.2 Å². The molecule has 0 atom stereocenters. The van der Waals surface area contributed by atoms with Crippen molar-refractivity contribution >= 4 is 23.0 Å². The highest BCUT2D eigenvalue weighted by Crippen LogP contribution is 2.54. The molecule has 0 aromatic heterocycles. The fraction of sp³-hybridized carbons (Fsp3) is 0.333. The number of hydrogen-bond donors (Lipinski definition) is 2. The minimum absolute atomic E-state index is 0.0483. The van der Waals surface area contributed by atoms with Crippen molar-refractivity contribution in [2.24, 2.45) is 0 Å². The number of rotatable bonds is 8. The highest BCUT2D eigenvalue weighted by Gasteiger charge is 2.30. The first-order valence-corrected chi connectivity index (χ1v) is 15.7. The van der Waals surface area contributed by atoms with Crippen molar-refractivity contribution < 1.29 is 28.5 Å². The van der Waals surface area contributed by atoms with E-state index in [2.05, 4.69) is 10.6 Å². The Balaban J connectivity index is 1.46. The number of fused-ring (bicyclic) bond motifs is 1. The van der Waals surface area contributed by atoms with Gasteiger partial charge in [0.05, 0.1) is 0 Å². The molecule has 6 rings (SSSR count). The van der Waals surface area contributed by atoms with Gasteiger partial charge in [0.15, 0.2) is 11.5 Å². The van der Waals surface area contributed by atoms with Crippen LogP contribution in [-0.2, 0) is 0 Å². The Bertz CT molecular complexity index is 1450. The normalized spacial score (nSPS) is 15.7. The minimum atomic E-state index is -0.575. The number of amides is 2. The molecular formula is C36H38N2O6. The van der Waals surface area contributed by atoms with Crippen molar-refractivity contribution in [1.82, 2.24) is 10.6 Å². The van der Waals surface area contributed by atoms with Crippen LogP contribution >= 0.6 is 0 Å². The maximum Gasteiger partial charge on any atom is 0.412 e. The number of carbonyl (C=O) groups excluding carboxylic acids is 2. The third-order valence-corrected chi connectivity index (χ3v) is 8.21. The molecule has 0 bridgehead atoms. The molecule has 0 heterocycles. The van der Waals surface area contributed by atoms with E-state index in [9.17, 15) is 9.59 Å². The van der Waals surface area contributed by atoms with E-state index in [4.69, 9.17) is 18.9 Å². The second-order valence-corrected chi connectivity index (χ2v) is 11.4. The van der Waals surface area contributed by atoms with E-state index in [1.807, 2.05) is 60.7 Å². The van der Waals surface area contributed by atoms with Crippen molar-refractivity contribution in [3.8, 4) is 34.5 Å². The summed E-state index contributed by atoms with van der Waals surface area (Å²) in [7, 11) is 0. The highest BCUT2D eigenvalue weighted by molar-refractivity contribution is 6.01. The summed E-state index contributed by atoms with van der Waals surface area (Å²) in [6, 6.07) is 25.7. The van der Waals surface area contributed by atoms with E-state index in [0.29, 0.717) is 22.3 Å². The molecule has 44 heavy (non-hydrogen) atoms. The lowest BCUT2D eigenvalue weighted by atomic mass is 9.96. The van der Waals surface area contributed by atoms with Crippen molar-refractivity contribution in [1.29, 1.82) is 0 Å². The second-order valence-electron chi connectivity index (χ2n) is 11.4. The lowest BCUT2D eigenvalue weighted by Gasteiger charge is -2.25. The summed E-state index contributed by atoms with van der Waals surface area (Å²) in [5.74, 6) is 1.58. The number of para-hydroxylation sites is 2. The zero-order valence-electron chi connectivity index (χ0n) is 24.8. The Morgan fingerprint density at radius 3 is 1.23 bits per heavy atom. The Hall–Kier alpha value is -4.72. The third-order valence-electron chi connectivity index (χ3n) is 8.21. The lowest BCUT2D eigenvalue weighted by molar-refractivity contribution is 0.188. The van der Waals surface area contributed by atoms with Gasteiger partial charge in [-0.3, -0.25) is 0 Å². The van der Waals surface area contributed by atoms with Crippen LogP contribution < -0.4 is 29.6 Å². The first kappa shape index (κ1) is 29.4. The maximum absolute atomic E-state index is 13.4. The summed E-state index contributed by atoms with van der Waals surface area (Å²) in [5.41, 5.74) is 0. The van der Waals surface area contributed by atoms with Gasteiger partial charge in [0.25, 0.3) is 0 Å². The fourth-order valence-corrected chi connectivity index (χ4v) is 6.00. The van der Waals surface area contributed by atoms with Gasteiger partial charge >= 0.3 is 12.2 Å². The van der Waals surface area contributed by atoms with Crippen LogP contribution in [0.3, 0.4) is 0 Å². The predicted molar refractivity (Wildman–Crippen MR) is 169 cm³/mol. The molecule has 2 aliphatic rings. The first-order valence-electron chi connectivity index (χ1n) is 15.7. The van der Waals surface area contributed by atoms with Crippen LogP contribution in [0.4, 0.5) is 9.59 Å². The van der Waals surface area contributed by atoms with Crippen LogP contribution in [0.2, 0.25) is 0 Å². The molecule has 2 aliphatic carbocycles. The monoisotopic (exact) mass is 594 g/mol. The molecule has 0 radical (unpaired) electrons. The van der Waals surface area contributed by atoms with Crippen LogP contribution in [0.25, 0.3) is 10.8 Å². The smallest absolute Gasteiger partial charge is 0.412 e. The molecule has 228 valence electrons. The molecule has 0 aliphatic heterocycles. The first-order chi connectivity index (χ1) is 21.6. The van der Waals surface area contributed by atoms with E-state index in [-0.39, 0.29) is 35.1 Å². The van der Waals surface area contributed by atoms with E-state index < -0.39 is 12.2 Å². The summed E-state index contributed by atoms with van der Waals surface area (Å²) < 4.78 is 25.0. The average Bonchev–Trinajstić information content (AvgIpc) is 3.06. The lowest BCUT2D eigenvalue weighted by Crippen LogP contribution is -2.38. The van der Waals surface area contributed by atoms with Gasteiger partial charge < -0.3 is 29.6 Å². The second kappa shape index (κ2) is 14.2. The minimum Gasteiger partial charge on any atom is -0.449 e. The summed E-state index contributed by atoms with van der Waals surface area (Å²) in [5, 5.41) is 7.14.